The van der Waals surface area contributed by atoms with Crippen molar-refractivity contribution < 1.29 is 14.3 Å². The number of halogens is 1. The minimum atomic E-state index is -0.419. The predicted octanol–water partition coefficient (Wildman–Crippen LogP) is 2.40. The van der Waals surface area contributed by atoms with Gasteiger partial charge in [0, 0.05) is 49.9 Å². The van der Waals surface area contributed by atoms with E-state index in [0.29, 0.717) is 36.3 Å². The zero-order valence-electron chi connectivity index (χ0n) is 14.9. The van der Waals surface area contributed by atoms with E-state index in [1.165, 1.54) is 0 Å². The van der Waals surface area contributed by atoms with E-state index in [0.717, 1.165) is 31.5 Å². The molecule has 0 bridgehead atoms. The molecule has 4 rings (SSSR count). The molecule has 1 N–H and O–H groups in total. The number of hydrogen-bond donors (Lipinski definition) is 1. The maximum Gasteiger partial charge on any atom is 0.254 e. The molecule has 2 aliphatic heterocycles. The van der Waals surface area contributed by atoms with Crippen LogP contribution >= 0.6 is 11.6 Å². The van der Waals surface area contributed by atoms with E-state index >= 15 is 0 Å². The highest BCUT2D eigenvalue weighted by molar-refractivity contribution is 6.30. The number of carbonyl (C=O) groups is 1. The van der Waals surface area contributed by atoms with Crippen LogP contribution in [0.2, 0.25) is 5.02 Å². The second-order valence-corrected chi connectivity index (χ2v) is 7.11. The maximum absolute atomic E-state index is 12.3. The lowest BCUT2D eigenvalue weighted by atomic mass is 10.0. The molecule has 2 fully saturated rings. The van der Waals surface area contributed by atoms with Crippen molar-refractivity contribution in [3.8, 4) is 0 Å². The van der Waals surface area contributed by atoms with Crippen molar-refractivity contribution >= 4 is 23.5 Å². The number of hydrogen-bond acceptors (Lipinski definition) is 6. The number of nitrogens with zero attached hydrogens (tertiary/aromatic N) is 3. The second kappa shape index (κ2) is 7.80. The van der Waals surface area contributed by atoms with Gasteiger partial charge in [-0.3, -0.25) is 4.79 Å². The quantitative estimate of drug-likeness (QED) is 0.866. The van der Waals surface area contributed by atoms with Gasteiger partial charge >= 0.3 is 0 Å². The highest BCUT2D eigenvalue weighted by Gasteiger charge is 2.40. The molecule has 2 aromatic rings. The first kappa shape index (κ1) is 18.2. The van der Waals surface area contributed by atoms with Crippen LogP contribution in [0.25, 0.3) is 0 Å². The van der Waals surface area contributed by atoms with Crippen LogP contribution in [-0.4, -0.2) is 48.0 Å². The molecule has 0 unspecified atom stereocenters. The molecule has 1 aromatic heterocycles. The summed E-state index contributed by atoms with van der Waals surface area (Å²) in [4.78, 5) is 23.1. The zero-order valence-corrected chi connectivity index (χ0v) is 15.6. The van der Waals surface area contributed by atoms with E-state index in [-0.39, 0.29) is 5.91 Å². The van der Waals surface area contributed by atoms with Crippen molar-refractivity contribution in [1.29, 1.82) is 0 Å². The molecular weight excluding hydrogens is 368 g/mol. The molecule has 0 aliphatic carbocycles. The summed E-state index contributed by atoms with van der Waals surface area (Å²) < 4.78 is 11.5. The van der Waals surface area contributed by atoms with Crippen molar-refractivity contribution in [1.82, 2.24) is 15.3 Å². The minimum absolute atomic E-state index is 0.207. The standard InChI is InChI=1S/C19H21ClN4O3/c20-16-3-1-14(2-4-16)11-21-17(25)15-12-22-18(23-13-15)24-7-5-19(6-8-24)26-9-10-27-19/h1-4,12-13H,5-11H2,(H,21,25). The summed E-state index contributed by atoms with van der Waals surface area (Å²) in [6.45, 7) is 3.28. The minimum Gasteiger partial charge on any atom is -0.348 e. The van der Waals surface area contributed by atoms with E-state index < -0.39 is 5.79 Å². The summed E-state index contributed by atoms with van der Waals surface area (Å²) >= 11 is 5.86. The van der Waals surface area contributed by atoms with Gasteiger partial charge in [0.05, 0.1) is 18.8 Å². The lowest BCUT2D eigenvalue weighted by molar-refractivity contribution is -0.169. The van der Waals surface area contributed by atoms with Gasteiger partial charge in [-0.1, -0.05) is 23.7 Å². The lowest BCUT2D eigenvalue weighted by Crippen LogP contribution is -2.45. The highest BCUT2D eigenvalue weighted by Crippen LogP contribution is 2.32. The average molecular weight is 389 g/mol. The summed E-state index contributed by atoms with van der Waals surface area (Å²) in [5.74, 6) is -0.00296. The largest absolute Gasteiger partial charge is 0.348 e. The number of aromatic nitrogens is 2. The monoisotopic (exact) mass is 388 g/mol. The van der Waals surface area contributed by atoms with Crippen molar-refractivity contribution in [3.05, 3.63) is 52.8 Å². The maximum atomic E-state index is 12.3. The summed E-state index contributed by atoms with van der Waals surface area (Å²) in [6.07, 6.45) is 4.71. The van der Waals surface area contributed by atoms with Crippen LogP contribution in [0.15, 0.2) is 36.7 Å². The van der Waals surface area contributed by atoms with Crippen LogP contribution in [-0.2, 0) is 16.0 Å². The van der Waals surface area contributed by atoms with Gasteiger partial charge in [-0.2, -0.15) is 0 Å². The molecule has 2 saturated heterocycles. The first-order valence-corrected chi connectivity index (χ1v) is 9.39. The third kappa shape index (κ3) is 4.21. The fraction of sp³-hybridized carbons (Fsp3) is 0.421. The second-order valence-electron chi connectivity index (χ2n) is 6.68. The lowest BCUT2D eigenvalue weighted by Gasteiger charge is -2.37. The molecule has 7 nitrogen and oxygen atoms in total. The van der Waals surface area contributed by atoms with Gasteiger partial charge in [-0.15, -0.1) is 0 Å². The van der Waals surface area contributed by atoms with E-state index in [4.69, 9.17) is 21.1 Å². The Morgan fingerprint density at radius 2 is 1.74 bits per heavy atom. The van der Waals surface area contributed by atoms with Crippen molar-refractivity contribution in [3.63, 3.8) is 0 Å². The Hall–Kier alpha value is -2.22. The van der Waals surface area contributed by atoms with Gasteiger partial charge in [0.25, 0.3) is 5.91 Å². The topological polar surface area (TPSA) is 76.6 Å². The van der Waals surface area contributed by atoms with Crippen LogP contribution < -0.4 is 10.2 Å². The van der Waals surface area contributed by atoms with Gasteiger partial charge in [0.2, 0.25) is 5.95 Å². The summed E-state index contributed by atoms with van der Waals surface area (Å²) in [5.41, 5.74) is 1.41. The Balaban J connectivity index is 1.32. The Kier molecular flexibility index (Phi) is 5.24. The number of amides is 1. The molecule has 1 amide bonds. The number of carbonyl (C=O) groups excluding carboxylic acids is 1. The molecule has 27 heavy (non-hydrogen) atoms. The predicted molar refractivity (Wildman–Crippen MR) is 101 cm³/mol. The molecule has 0 radical (unpaired) electrons. The van der Waals surface area contributed by atoms with E-state index in [1.54, 1.807) is 24.5 Å². The molecular formula is C19H21ClN4O3. The van der Waals surface area contributed by atoms with Gasteiger partial charge in [0.1, 0.15) is 0 Å². The van der Waals surface area contributed by atoms with Crippen LogP contribution in [0.5, 0.6) is 0 Å². The molecule has 8 heteroatoms. The average Bonchev–Trinajstić information content (AvgIpc) is 3.16. The number of benzene rings is 1. The molecule has 142 valence electrons. The van der Waals surface area contributed by atoms with Gasteiger partial charge < -0.3 is 19.7 Å². The molecule has 2 aliphatic rings. The molecule has 1 spiro atoms. The smallest absolute Gasteiger partial charge is 0.254 e. The summed E-state index contributed by atoms with van der Waals surface area (Å²) in [5, 5.41) is 3.53. The van der Waals surface area contributed by atoms with Crippen molar-refractivity contribution in [2.75, 3.05) is 31.2 Å². The Bertz CT molecular complexity index is 782. The third-order valence-corrected chi connectivity index (χ3v) is 5.14. The van der Waals surface area contributed by atoms with E-state index in [1.807, 2.05) is 12.1 Å². The number of nitrogens with one attached hydrogen (secondary N) is 1. The SMILES string of the molecule is O=C(NCc1ccc(Cl)cc1)c1cnc(N2CCC3(CC2)OCCO3)nc1. The first-order chi connectivity index (χ1) is 13.1. The van der Waals surface area contributed by atoms with Crippen LogP contribution in [0.4, 0.5) is 5.95 Å². The van der Waals surface area contributed by atoms with Crippen LogP contribution in [0.1, 0.15) is 28.8 Å². The first-order valence-electron chi connectivity index (χ1n) is 9.01. The third-order valence-electron chi connectivity index (χ3n) is 4.89. The summed E-state index contributed by atoms with van der Waals surface area (Å²) in [6, 6.07) is 7.35. The summed E-state index contributed by atoms with van der Waals surface area (Å²) in [7, 11) is 0. The normalized spacial score (nSPS) is 18.6. The van der Waals surface area contributed by atoms with Crippen molar-refractivity contribution in [2.24, 2.45) is 0 Å². The van der Waals surface area contributed by atoms with Crippen LogP contribution in [0, 0.1) is 0 Å². The fourth-order valence-electron chi connectivity index (χ4n) is 3.32. The fourth-order valence-corrected chi connectivity index (χ4v) is 3.45. The zero-order chi connectivity index (χ0) is 18.7. The van der Waals surface area contributed by atoms with Crippen LogP contribution in [0.3, 0.4) is 0 Å². The van der Waals surface area contributed by atoms with Gasteiger partial charge in [0.15, 0.2) is 5.79 Å². The number of piperidine rings is 1. The number of anilines is 1. The number of ether oxygens (including phenoxy) is 2. The Labute approximate surface area is 162 Å². The van der Waals surface area contributed by atoms with Crippen molar-refractivity contribution in [2.45, 2.75) is 25.2 Å². The molecule has 3 heterocycles. The van der Waals surface area contributed by atoms with Gasteiger partial charge in [-0.05, 0) is 17.7 Å². The van der Waals surface area contributed by atoms with E-state index in [2.05, 4.69) is 20.2 Å². The molecule has 0 saturated carbocycles. The molecule has 0 atom stereocenters. The molecule has 1 aromatic carbocycles. The Morgan fingerprint density at radius 1 is 1.11 bits per heavy atom. The van der Waals surface area contributed by atoms with Gasteiger partial charge in [-0.25, -0.2) is 9.97 Å². The van der Waals surface area contributed by atoms with E-state index in [9.17, 15) is 4.79 Å². The Morgan fingerprint density at radius 3 is 2.37 bits per heavy atom. The number of rotatable bonds is 4. The highest BCUT2D eigenvalue weighted by atomic mass is 35.5.